The average molecular weight is 426 g/mol. The number of halogens is 1. The first kappa shape index (κ1) is 19.4. The third-order valence-corrected chi connectivity index (χ3v) is 6.39. The van der Waals surface area contributed by atoms with Gasteiger partial charge >= 0.3 is 0 Å². The standard InChI is InChI=1S/C21H15FN2O3S2/c22-13-3-7-15(8-4-13)24-19(25)12-18(21(24)27)29-16-9-5-14(6-10-16)23-20(26)17-2-1-11-28-17/h1-11,18H,12H2,(H,23,26). The second-order valence-corrected chi connectivity index (χ2v) is 8.53. The molecular formula is C21H15FN2O3S2. The van der Waals surface area contributed by atoms with Crippen molar-refractivity contribution in [1.29, 1.82) is 0 Å². The number of hydrogen-bond acceptors (Lipinski definition) is 5. The van der Waals surface area contributed by atoms with E-state index in [1.54, 1.807) is 30.3 Å². The van der Waals surface area contributed by atoms with Gasteiger partial charge in [-0.25, -0.2) is 9.29 Å². The number of nitrogens with zero attached hydrogens (tertiary/aromatic N) is 1. The van der Waals surface area contributed by atoms with Crippen molar-refractivity contribution in [3.05, 3.63) is 76.7 Å². The smallest absolute Gasteiger partial charge is 0.265 e. The second-order valence-electron chi connectivity index (χ2n) is 6.31. The highest BCUT2D eigenvalue weighted by Gasteiger charge is 2.40. The normalized spacial score (nSPS) is 16.3. The fraction of sp³-hybridized carbons (Fsp3) is 0.0952. The third kappa shape index (κ3) is 4.23. The molecule has 1 saturated heterocycles. The van der Waals surface area contributed by atoms with Crippen molar-refractivity contribution in [2.45, 2.75) is 16.6 Å². The first-order valence-corrected chi connectivity index (χ1v) is 10.5. The van der Waals surface area contributed by atoms with Crippen molar-refractivity contribution in [2.24, 2.45) is 0 Å². The molecule has 1 aromatic heterocycles. The Morgan fingerprint density at radius 1 is 1.07 bits per heavy atom. The van der Waals surface area contributed by atoms with E-state index in [4.69, 9.17) is 0 Å². The summed E-state index contributed by atoms with van der Waals surface area (Å²) < 4.78 is 13.1. The van der Waals surface area contributed by atoms with E-state index in [2.05, 4.69) is 5.32 Å². The predicted molar refractivity (Wildman–Crippen MR) is 112 cm³/mol. The maximum atomic E-state index is 13.1. The van der Waals surface area contributed by atoms with Crippen LogP contribution in [-0.2, 0) is 9.59 Å². The number of hydrogen-bond donors (Lipinski definition) is 1. The molecule has 29 heavy (non-hydrogen) atoms. The van der Waals surface area contributed by atoms with Gasteiger partial charge in [-0.3, -0.25) is 14.4 Å². The summed E-state index contributed by atoms with van der Waals surface area (Å²) in [7, 11) is 0. The molecule has 0 bridgehead atoms. The summed E-state index contributed by atoms with van der Waals surface area (Å²) in [5, 5.41) is 4.11. The first-order valence-electron chi connectivity index (χ1n) is 8.75. The molecule has 0 saturated carbocycles. The van der Waals surface area contributed by atoms with Crippen LogP contribution >= 0.6 is 23.1 Å². The van der Waals surface area contributed by atoms with E-state index in [0.717, 1.165) is 9.80 Å². The molecule has 1 fully saturated rings. The molecule has 1 unspecified atom stereocenters. The molecule has 1 aliphatic heterocycles. The van der Waals surface area contributed by atoms with Gasteiger partial charge in [-0.15, -0.1) is 23.1 Å². The number of rotatable bonds is 5. The number of nitrogens with one attached hydrogen (secondary N) is 1. The van der Waals surface area contributed by atoms with E-state index in [9.17, 15) is 18.8 Å². The Labute approximate surface area is 174 Å². The molecule has 1 N–H and O–H groups in total. The fourth-order valence-corrected chi connectivity index (χ4v) is 4.61. The van der Waals surface area contributed by atoms with Crippen LogP contribution in [0, 0.1) is 5.82 Å². The molecule has 4 rings (SSSR count). The Balaban J connectivity index is 1.41. The van der Waals surface area contributed by atoms with Gasteiger partial charge in [0, 0.05) is 17.0 Å². The van der Waals surface area contributed by atoms with Crippen molar-refractivity contribution in [3.63, 3.8) is 0 Å². The molecule has 0 spiro atoms. The zero-order chi connectivity index (χ0) is 20.4. The SMILES string of the molecule is O=C(Nc1ccc(SC2CC(=O)N(c3ccc(F)cc3)C2=O)cc1)c1cccs1. The summed E-state index contributed by atoms with van der Waals surface area (Å²) in [6, 6.07) is 16.0. The molecule has 2 heterocycles. The van der Waals surface area contributed by atoms with Gasteiger partial charge in [-0.2, -0.15) is 0 Å². The molecule has 5 nitrogen and oxygen atoms in total. The molecule has 0 aliphatic carbocycles. The number of thiophene rings is 1. The average Bonchev–Trinajstić information content (AvgIpc) is 3.34. The highest BCUT2D eigenvalue weighted by molar-refractivity contribution is 8.00. The monoisotopic (exact) mass is 426 g/mol. The molecule has 2 aromatic carbocycles. The highest BCUT2D eigenvalue weighted by atomic mass is 32.2. The van der Waals surface area contributed by atoms with E-state index in [0.29, 0.717) is 16.3 Å². The second kappa shape index (κ2) is 8.18. The van der Waals surface area contributed by atoms with Crippen LogP contribution in [0.2, 0.25) is 0 Å². The van der Waals surface area contributed by atoms with Crippen LogP contribution in [0.5, 0.6) is 0 Å². The molecule has 3 amide bonds. The lowest BCUT2D eigenvalue weighted by Gasteiger charge is -2.15. The Bertz CT molecular complexity index is 1050. The number of imide groups is 1. The minimum absolute atomic E-state index is 0.0811. The van der Waals surface area contributed by atoms with Gasteiger partial charge in [0.1, 0.15) is 5.82 Å². The molecule has 146 valence electrons. The van der Waals surface area contributed by atoms with Crippen LogP contribution in [0.3, 0.4) is 0 Å². The lowest BCUT2D eigenvalue weighted by atomic mass is 10.3. The predicted octanol–water partition coefficient (Wildman–Crippen LogP) is 4.56. The number of carbonyl (C=O) groups is 3. The molecule has 8 heteroatoms. The Morgan fingerprint density at radius 2 is 1.79 bits per heavy atom. The van der Waals surface area contributed by atoms with Gasteiger partial charge in [-0.1, -0.05) is 6.07 Å². The number of amides is 3. The minimum Gasteiger partial charge on any atom is -0.321 e. The van der Waals surface area contributed by atoms with Crippen molar-refractivity contribution < 1.29 is 18.8 Å². The Kier molecular flexibility index (Phi) is 5.46. The van der Waals surface area contributed by atoms with E-state index < -0.39 is 11.1 Å². The summed E-state index contributed by atoms with van der Waals surface area (Å²) in [5.74, 6) is -1.22. The maximum absolute atomic E-state index is 13.1. The van der Waals surface area contributed by atoms with Crippen LogP contribution in [0.1, 0.15) is 16.1 Å². The summed E-state index contributed by atoms with van der Waals surface area (Å²) in [6.45, 7) is 0. The van der Waals surface area contributed by atoms with Crippen molar-refractivity contribution in [2.75, 3.05) is 10.2 Å². The third-order valence-electron chi connectivity index (χ3n) is 4.33. The van der Waals surface area contributed by atoms with Crippen LogP contribution < -0.4 is 10.2 Å². The van der Waals surface area contributed by atoms with E-state index in [1.165, 1.54) is 47.4 Å². The number of carbonyl (C=O) groups excluding carboxylic acids is 3. The van der Waals surface area contributed by atoms with E-state index in [1.807, 2.05) is 11.4 Å². The summed E-state index contributed by atoms with van der Waals surface area (Å²) in [5.41, 5.74) is 1.02. The van der Waals surface area contributed by atoms with Gasteiger partial charge in [0.05, 0.1) is 15.8 Å². The van der Waals surface area contributed by atoms with Crippen LogP contribution in [0.4, 0.5) is 15.8 Å². The lowest BCUT2D eigenvalue weighted by molar-refractivity contribution is -0.121. The van der Waals surface area contributed by atoms with E-state index >= 15 is 0 Å². The van der Waals surface area contributed by atoms with Crippen LogP contribution in [-0.4, -0.2) is 23.0 Å². The summed E-state index contributed by atoms with van der Waals surface area (Å²) >= 11 is 2.66. The Morgan fingerprint density at radius 3 is 2.45 bits per heavy atom. The summed E-state index contributed by atoms with van der Waals surface area (Å²) in [4.78, 5) is 39.6. The number of anilines is 2. The van der Waals surface area contributed by atoms with Crippen molar-refractivity contribution in [1.82, 2.24) is 0 Å². The lowest BCUT2D eigenvalue weighted by Crippen LogP contribution is -2.31. The highest BCUT2D eigenvalue weighted by Crippen LogP contribution is 2.34. The Hall–Kier alpha value is -2.97. The topological polar surface area (TPSA) is 66.5 Å². The largest absolute Gasteiger partial charge is 0.321 e. The van der Waals surface area contributed by atoms with Crippen molar-refractivity contribution >= 4 is 52.2 Å². The maximum Gasteiger partial charge on any atom is 0.265 e. The van der Waals surface area contributed by atoms with Crippen LogP contribution in [0.25, 0.3) is 0 Å². The van der Waals surface area contributed by atoms with Gasteiger partial charge in [0.15, 0.2) is 0 Å². The van der Waals surface area contributed by atoms with Crippen molar-refractivity contribution in [3.8, 4) is 0 Å². The molecule has 0 radical (unpaired) electrons. The van der Waals surface area contributed by atoms with Crippen LogP contribution in [0.15, 0.2) is 70.9 Å². The quantitative estimate of drug-likeness (QED) is 0.607. The molecule has 1 atom stereocenters. The first-order chi connectivity index (χ1) is 14.0. The summed E-state index contributed by atoms with van der Waals surface area (Å²) in [6.07, 6.45) is 0.0811. The number of benzene rings is 2. The van der Waals surface area contributed by atoms with Gasteiger partial charge in [0.2, 0.25) is 11.8 Å². The van der Waals surface area contributed by atoms with E-state index in [-0.39, 0.29) is 24.1 Å². The minimum atomic E-state index is -0.542. The molecular weight excluding hydrogens is 411 g/mol. The fourth-order valence-electron chi connectivity index (χ4n) is 2.94. The zero-order valence-electron chi connectivity index (χ0n) is 15.0. The zero-order valence-corrected chi connectivity index (χ0v) is 16.6. The van der Waals surface area contributed by atoms with Gasteiger partial charge in [-0.05, 0) is 60.0 Å². The van der Waals surface area contributed by atoms with Gasteiger partial charge in [0.25, 0.3) is 5.91 Å². The molecule has 3 aromatic rings. The molecule has 1 aliphatic rings. The van der Waals surface area contributed by atoms with Gasteiger partial charge < -0.3 is 5.32 Å². The number of thioether (sulfide) groups is 1.